The largest absolute Gasteiger partial charge is 0.316 e. The lowest BCUT2D eigenvalue weighted by molar-refractivity contribution is 0.163. The maximum atomic E-state index is 8.65. The van der Waals surface area contributed by atoms with Crippen LogP contribution >= 0.6 is 0 Å². The van der Waals surface area contributed by atoms with Gasteiger partial charge in [-0.3, -0.25) is 4.90 Å². The zero-order valence-corrected chi connectivity index (χ0v) is 8.45. The topological polar surface area (TPSA) is 42.3 Å². The van der Waals surface area contributed by atoms with Crippen molar-refractivity contribution in [2.24, 2.45) is 0 Å². The first-order valence-electron chi connectivity index (χ1n) is 4.80. The third kappa shape index (κ3) is 3.21. The van der Waals surface area contributed by atoms with Gasteiger partial charge in [0.25, 0.3) is 0 Å². The predicted octanol–water partition coefficient (Wildman–Crippen LogP) is -0.307. The molecule has 0 spiro atoms. The van der Waals surface area contributed by atoms with Crippen LogP contribution in [0.25, 0.3) is 0 Å². The molecule has 1 N–H and O–H groups in total. The van der Waals surface area contributed by atoms with E-state index < -0.39 is 0 Å². The number of likely N-dealkylation sites (N-methyl/N-ethyl adjacent to an activating group) is 1. The Bertz CT molecular complexity index is 179. The molecule has 1 atom stereocenters. The Hall–Kier alpha value is -0.790. The maximum absolute atomic E-state index is 8.65. The molecule has 0 saturated carbocycles. The summed E-state index contributed by atoms with van der Waals surface area (Å²) in [6, 6.07) is 0.536. The van der Waals surface area contributed by atoms with E-state index in [-0.39, 0.29) is 0 Å². The first kappa shape index (κ1) is 10.3. The number of piperazine rings is 1. The van der Waals surface area contributed by atoms with Crippen molar-refractivity contribution in [3.05, 3.63) is 0 Å². The summed E-state index contributed by atoms with van der Waals surface area (Å²) in [5.74, 6) is 0. The quantitative estimate of drug-likeness (QED) is 0.608. The van der Waals surface area contributed by atoms with E-state index in [2.05, 4.69) is 23.3 Å². The van der Waals surface area contributed by atoms with Gasteiger partial charge in [0, 0.05) is 38.8 Å². The molecule has 0 aromatic carbocycles. The van der Waals surface area contributed by atoms with Crippen LogP contribution in [0, 0.1) is 11.5 Å². The molecule has 0 radical (unpaired) electrons. The van der Waals surface area contributed by atoms with Gasteiger partial charge in [0.15, 0.2) is 6.19 Å². The number of hydrogen-bond donors (Lipinski definition) is 1. The van der Waals surface area contributed by atoms with Gasteiger partial charge < -0.3 is 10.2 Å². The van der Waals surface area contributed by atoms with Crippen molar-refractivity contribution in [3.8, 4) is 6.19 Å². The Morgan fingerprint density at radius 3 is 2.46 bits per heavy atom. The lowest BCUT2D eigenvalue weighted by Crippen LogP contribution is -2.48. The van der Waals surface area contributed by atoms with E-state index in [1.165, 1.54) is 0 Å². The van der Waals surface area contributed by atoms with E-state index in [9.17, 15) is 0 Å². The SMILES string of the molecule is CNC(C)CN1CCN(C#N)CC1. The molecule has 1 heterocycles. The Labute approximate surface area is 80.1 Å². The van der Waals surface area contributed by atoms with E-state index >= 15 is 0 Å². The third-order valence-electron chi connectivity index (χ3n) is 2.54. The van der Waals surface area contributed by atoms with Crippen molar-refractivity contribution in [3.63, 3.8) is 0 Å². The number of nitrogens with one attached hydrogen (secondary N) is 1. The lowest BCUT2D eigenvalue weighted by atomic mass is 10.2. The Balaban J connectivity index is 2.22. The van der Waals surface area contributed by atoms with Crippen LogP contribution in [0.5, 0.6) is 0 Å². The lowest BCUT2D eigenvalue weighted by Gasteiger charge is -2.33. The average Bonchev–Trinajstić information content (AvgIpc) is 2.19. The molecule has 0 aromatic heterocycles. The monoisotopic (exact) mass is 182 g/mol. The molecule has 4 heteroatoms. The minimum absolute atomic E-state index is 0.536. The van der Waals surface area contributed by atoms with Gasteiger partial charge in [-0.05, 0) is 14.0 Å². The van der Waals surface area contributed by atoms with Gasteiger partial charge in [-0.1, -0.05) is 0 Å². The number of nitrogens with zero attached hydrogens (tertiary/aromatic N) is 3. The summed E-state index contributed by atoms with van der Waals surface area (Å²) in [5, 5.41) is 11.9. The summed E-state index contributed by atoms with van der Waals surface area (Å²) in [6.07, 6.45) is 2.18. The average molecular weight is 182 g/mol. The first-order chi connectivity index (χ1) is 6.26. The Morgan fingerprint density at radius 2 is 2.00 bits per heavy atom. The van der Waals surface area contributed by atoms with Crippen LogP contribution in [-0.4, -0.2) is 55.6 Å². The summed E-state index contributed by atoms with van der Waals surface area (Å²) >= 11 is 0. The summed E-state index contributed by atoms with van der Waals surface area (Å²) < 4.78 is 0. The van der Waals surface area contributed by atoms with Crippen molar-refractivity contribution >= 4 is 0 Å². The maximum Gasteiger partial charge on any atom is 0.179 e. The van der Waals surface area contributed by atoms with E-state index in [1.54, 1.807) is 0 Å². The smallest absolute Gasteiger partial charge is 0.179 e. The zero-order valence-electron chi connectivity index (χ0n) is 8.45. The van der Waals surface area contributed by atoms with Crippen LogP contribution in [0.15, 0.2) is 0 Å². The Kier molecular flexibility index (Phi) is 4.00. The second-order valence-corrected chi connectivity index (χ2v) is 3.58. The highest BCUT2D eigenvalue weighted by Crippen LogP contribution is 2.00. The van der Waals surface area contributed by atoms with Crippen molar-refractivity contribution < 1.29 is 0 Å². The third-order valence-corrected chi connectivity index (χ3v) is 2.54. The van der Waals surface area contributed by atoms with E-state index in [4.69, 9.17) is 5.26 Å². The van der Waals surface area contributed by atoms with Crippen molar-refractivity contribution in [1.82, 2.24) is 15.1 Å². The summed E-state index contributed by atoms with van der Waals surface area (Å²) in [6.45, 7) is 7.05. The first-order valence-corrected chi connectivity index (χ1v) is 4.80. The molecule has 0 bridgehead atoms. The van der Waals surface area contributed by atoms with Gasteiger partial charge in [-0.2, -0.15) is 5.26 Å². The number of hydrogen-bond acceptors (Lipinski definition) is 4. The molecule has 13 heavy (non-hydrogen) atoms. The molecular formula is C9H18N4. The normalized spacial score (nSPS) is 21.2. The fourth-order valence-corrected chi connectivity index (χ4v) is 1.51. The molecule has 74 valence electrons. The summed E-state index contributed by atoms with van der Waals surface area (Å²) in [7, 11) is 1.98. The van der Waals surface area contributed by atoms with Gasteiger partial charge >= 0.3 is 0 Å². The van der Waals surface area contributed by atoms with Crippen LogP contribution in [0.1, 0.15) is 6.92 Å². The van der Waals surface area contributed by atoms with E-state index in [0.29, 0.717) is 6.04 Å². The van der Waals surface area contributed by atoms with Gasteiger partial charge in [0.1, 0.15) is 0 Å². The Morgan fingerprint density at radius 1 is 1.38 bits per heavy atom. The highest BCUT2D eigenvalue weighted by atomic mass is 15.3. The van der Waals surface area contributed by atoms with E-state index in [0.717, 1.165) is 32.7 Å². The highest BCUT2D eigenvalue weighted by molar-refractivity contribution is 4.81. The fourth-order valence-electron chi connectivity index (χ4n) is 1.51. The van der Waals surface area contributed by atoms with Crippen LogP contribution in [0.2, 0.25) is 0 Å². The molecule has 1 aliphatic heterocycles. The molecule has 1 fully saturated rings. The van der Waals surface area contributed by atoms with Gasteiger partial charge in [0.2, 0.25) is 0 Å². The van der Waals surface area contributed by atoms with Crippen LogP contribution in [-0.2, 0) is 0 Å². The number of rotatable bonds is 3. The fraction of sp³-hybridized carbons (Fsp3) is 0.889. The second-order valence-electron chi connectivity index (χ2n) is 3.58. The minimum Gasteiger partial charge on any atom is -0.316 e. The summed E-state index contributed by atoms with van der Waals surface area (Å²) in [4.78, 5) is 4.22. The molecule has 4 nitrogen and oxygen atoms in total. The van der Waals surface area contributed by atoms with Crippen LogP contribution < -0.4 is 5.32 Å². The second kappa shape index (κ2) is 5.05. The summed E-state index contributed by atoms with van der Waals surface area (Å²) in [5.41, 5.74) is 0. The van der Waals surface area contributed by atoms with E-state index in [1.807, 2.05) is 11.9 Å². The van der Waals surface area contributed by atoms with Crippen molar-refractivity contribution in [1.29, 1.82) is 5.26 Å². The molecule has 0 aromatic rings. The highest BCUT2D eigenvalue weighted by Gasteiger charge is 2.16. The van der Waals surface area contributed by atoms with Crippen molar-refractivity contribution in [2.75, 3.05) is 39.8 Å². The standard InChI is InChI=1S/C9H18N4/c1-9(11-2)7-12-3-5-13(8-10)6-4-12/h9,11H,3-7H2,1-2H3. The molecule has 0 aliphatic carbocycles. The number of nitriles is 1. The van der Waals surface area contributed by atoms with Crippen molar-refractivity contribution in [2.45, 2.75) is 13.0 Å². The molecule has 1 rings (SSSR count). The van der Waals surface area contributed by atoms with Gasteiger partial charge in [0.05, 0.1) is 0 Å². The molecule has 1 saturated heterocycles. The predicted molar refractivity (Wildman–Crippen MR) is 52.1 cm³/mol. The molecule has 1 aliphatic rings. The molecular weight excluding hydrogens is 164 g/mol. The molecule has 0 amide bonds. The molecule has 1 unspecified atom stereocenters. The van der Waals surface area contributed by atoms with Gasteiger partial charge in [-0.15, -0.1) is 0 Å². The van der Waals surface area contributed by atoms with Crippen LogP contribution in [0.4, 0.5) is 0 Å². The zero-order chi connectivity index (χ0) is 9.68. The van der Waals surface area contributed by atoms with Crippen LogP contribution in [0.3, 0.4) is 0 Å². The minimum atomic E-state index is 0.536. The van der Waals surface area contributed by atoms with Gasteiger partial charge in [-0.25, -0.2) is 0 Å².